The molecule has 0 saturated carbocycles. The summed E-state index contributed by atoms with van der Waals surface area (Å²) in [4.78, 5) is 24.6. The van der Waals surface area contributed by atoms with Gasteiger partial charge in [-0.3, -0.25) is 4.79 Å². The summed E-state index contributed by atoms with van der Waals surface area (Å²) in [6.45, 7) is 14.7. The molecule has 40 heavy (non-hydrogen) atoms. The Bertz CT molecular complexity index is 1350. The van der Waals surface area contributed by atoms with Gasteiger partial charge in [0.25, 0.3) is 0 Å². The Kier molecular flexibility index (Phi) is 9.61. The number of nitrogens with one attached hydrogen (secondary N) is 1. The lowest BCUT2D eigenvalue weighted by molar-refractivity contribution is -0.153. The second-order valence-electron chi connectivity index (χ2n) is 11.9. The van der Waals surface area contributed by atoms with Gasteiger partial charge in [0.05, 0.1) is 12.5 Å². The van der Waals surface area contributed by atoms with E-state index in [-0.39, 0.29) is 19.0 Å². The minimum atomic E-state index is -0.652. The zero-order chi connectivity index (χ0) is 29.7. The zero-order valence-electron chi connectivity index (χ0n) is 24.7. The standard InChI is InChI=1S/C33H40FNO5/c1-21-16-23(20-38-28-15-10-9-12-24(28)19-29(36)39-32(3,4)5)18-25(17-21)27-14-11-13-26(30(27)34)22(2)35-31(37)40-33(6,7)8/h9-18,22H,19-20H2,1-8H3,(H,35,37). The van der Waals surface area contributed by atoms with Gasteiger partial charge >= 0.3 is 12.1 Å². The molecule has 0 spiro atoms. The van der Waals surface area contributed by atoms with Crippen molar-refractivity contribution < 1.29 is 28.2 Å². The molecule has 0 aliphatic carbocycles. The lowest BCUT2D eigenvalue weighted by Crippen LogP contribution is -2.34. The summed E-state index contributed by atoms with van der Waals surface area (Å²) in [5.74, 6) is -0.148. The van der Waals surface area contributed by atoms with Crippen molar-refractivity contribution in [1.29, 1.82) is 0 Å². The first-order valence-electron chi connectivity index (χ1n) is 13.4. The van der Waals surface area contributed by atoms with E-state index in [1.165, 1.54) is 0 Å². The number of aryl methyl sites for hydroxylation is 1. The third-order valence-electron chi connectivity index (χ3n) is 5.80. The first-order chi connectivity index (χ1) is 18.6. The van der Waals surface area contributed by atoms with Gasteiger partial charge in [-0.2, -0.15) is 0 Å². The van der Waals surface area contributed by atoms with E-state index < -0.39 is 29.2 Å². The van der Waals surface area contributed by atoms with Gasteiger partial charge < -0.3 is 19.5 Å². The molecule has 214 valence electrons. The number of hydrogen-bond donors (Lipinski definition) is 1. The summed E-state index contributed by atoms with van der Waals surface area (Å²) >= 11 is 0. The molecule has 0 radical (unpaired) electrons. The predicted molar refractivity (Wildman–Crippen MR) is 155 cm³/mol. The van der Waals surface area contributed by atoms with Crippen molar-refractivity contribution in [2.75, 3.05) is 0 Å². The van der Waals surface area contributed by atoms with Gasteiger partial charge in [0.15, 0.2) is 0 Å². The molecule has 0 bridgehead atoms. The van der Waals surface area contributed by atoms with E-state index in [2.05, 4.69) is 5.32 Å². The lowest BCUT2D eigenvalue weighted by Gasteiger charge is -2.22. The van der Waals surface area contributed by atoms with Crippen LogP contribution < -0.4 is 10.1 Å². The van der Waals surface area contributed by atoms with Gasteiger partial charge in [-0.05, 0) is 78.6 Å². The molecule has 0 aliphatic rings. The van der Waals surface area contributed by atoms with Crippen LogP contribution in [0.3, 0.4) is 0 Å². The molecule has 0 aromatic heterocycles. The maximum Gasteiger partial charge on any atom is 0.408 e. The van der Waals surface area contributed by atoms with Crippen molar-refractivity contribution in [3.05, 3.63) is 88.7 Å². The summed E-state index contributed by atoms with van der Waals surface area (Å²) < 4.78 is 32.6. The van der Waals surface area contributed by atoms with Crippen molar-refractivity contribution in [1.82, 2.24) is 5.32 Å². The molecular weight excluding hydrogens is 509 g/mol. The van der Waals surface area contributed by atoms with E-state index in [1.807, 2.05) is 70.2 Å². The van der Waals surface area contributed by atoms with Crippen LogP contribution in [0.5, 0.6) is 5.75 Å². The Hall–Kier alpha value is -3.87. The number of amides is 1. The third-order valence-corrected chi connectivity index (χ3v) is 5.80. The molecule has 0 aliphatic heterocycles. The summed E-state index contributed by atoms with van der Waals surface area (Å²) in [6, 6.07) is 17.7. The Morgan fingerprint density at radius 3 is 2.25 bits per heavy atom. The van der Waals surface area contributed by atoms with E-state index in [4.69, 9.17) is 14.2 Å². The summed E-state index contributed by atoms with van der Waals surface area (Å²) in [5.41, 5.74) is 2.79. The van der Waals surface area contributed by atoms with Crippen molar-refractivity contribution in [3.8, 4) is 16.9 Å². The number of alkyl carbamates (subject to hydrolysis) is 1. The minimum Gasteiger partial charge on any atom is -0.489 e. The smallest absolute Gasteiger partial charge is 0.408 e. The number of esters is 1. The van der Waals surface area contributed by atoms with Crippen LogP contribution in [0.2, 0.25) is 0 Å². The summed E-state index contributed by atoms with van der Waals surface area (Å²) in [7, 11) is 0. The molecule has 0 heterocycles. The van der Waals surface area contributed by atoms with Crippen molar-refractivity contribution in [3.63, 3.8) is 0 Å². The highest BCUT2D eigenvalue weighted by Crippen LogP contribution is 2.30. The molecule has 7 heteroatoms. The van der Waals surface area contributed by atoms with Crippen molar-refractivity contribution in [2.45, 2.75) is 85.7 Å². The fourth-order valence-corrected chi connectivity index (χ4v) is 4.26. The Morgan fingerprint density at radius 1 is 0.900 bits per heavy atom. The maximum atomic E-state index is 15.7. The molecule has 1 amide bonds. The zero-order valence-corrected chi connectivity index (χ0v) is 24.7. The van der Waals surface area contributed by atoms with Gasteiger partial charge in [0.1, 0.15) is 29.4 Å². The maximum absolute atomic E-state index is 15.7. The highest BCUT2D eigenvalue weighted by Gasteiger charge is 2.22. The normalized spacial score (nSPS) is 12.4. The van der Waals surface area contributed by atoms with Gasteiger partial charge in [-0.25, -0.2) is 9.18 Å². The largest absolute Gasteiger partial charge is 0.489 e. The third kappa shape index (κ3) is 9.11. The number of rotatable bonds is 8. The first kappa shape index (κ1) is 30.7. The fraction of sp³-hybridized carbons (Fsp3) is 0.394. The molecule has 3 aromatic rings. The van der Waals surface area contributed by atoms with Crippen molar-refractivity contribution >= 4 is 12.1 Å². The van der Waals surface area contributed by atoms with Gasteiger partial charge in [0.2, 0.25) is 0 Å². The molecule has 0 fully saturated rings. The van der Waals surface area contributed by atoms with Crippen LogP contribution >= 0.6 is 0 Å². The number of carbonyl (C=O) groups excluding carboxylic acids is 2. The van der Waals surface area contributed by atoms with E-state index >= 15 is 4.39 Å². The Labute approximate surface area is 236 Å². The number of ether oxygens (including phenoxy) is 3. The van der Waals surface area contributed by atoms with E-state index in [0.717, 1.165) is 16.7 Å². The molecule has 1 N–H and O–H groups in total. The lowest BCUT2D eigenvalue weighted by atomic mass is 9.96. The highest BCUT2D eigenvalue weighted by atomic mass is 19.1. The molecule has 1 unspecified atom stereocenters. The van der Waals surface area contributed by atoms with Crippen LogP contribution in [0, 0.1) is 12.7 Å². The quantitative estimate of drug-likeness (QED) is 0.290. The molecule has 0 saturated heterocycles. The number of carbonyl (C=O) groups is 2. The van der Waals surface area contributed by atoms with Crippen molar-refractivity contribution in [2.24, 2.45) is 0 Å². The second-order valence-corrected chi connectivity index (χ2v) is 11.9. The highest BCUT2D eigenvalue weighted by molar-refractivity contribution is 5.74. The summed E-state index contributed by atoms with van der Waals surface area (Å²) in [6.07, 6.45) is -0.508. The second kappa shape index (κ2) is 12.5. The van der Waals surface area contributed by atoms with Crippen LogP contribution in [0.25, 0.3) is 11.1 Å². The Morgan fingerprint density at radius 2 is 1.57 bits per heavy atom. The minimum absolute atomic E-state index is 0.0973. The first-order valence-corrected chi connectivity index (χ1v) is 13.4. The Balaban J connectivity index is 1.79. The fourth-order valence-electron chi connectivity index (χ4n) is 4.26. The average Bonchev–Trinajstić information content (AvgIpc) is 2.80. The van der Waals surface area contributed by atoms with Crippen LogP contribution in [-0.2, 0) is 27.3 Å². The van der Waals surface area contributed by atoms with Crippen LogP contribution in [0.1, 0.15) is 76.8 Å². The van der Waals surface area contributed by atoms with E-state index in [1.54, 1.807) is 45.9 Å². The van der Waals surface area contributed by atoms with Crippen LogP contribution in [0.4, 0.5) is 9.18 Å². The number of halogens is 1. The molecule has 3 rings (SSSR count). The monoisotopic (exact) mass is 549 g/mol. The predicted octanol–water partition coefficient (Wildman–Crippen LogP) is 7.85. The number of hydrogen-bond acceptors (Lipinski definition) is 5. The average molecular weight is 550 g/mol. The summed E-state index contributed by atoms with van der Waals surface area (Å²) in [5, 5.41) is 2.71. The topological polar surface area (TPSA) is 73.9 Å². The van der Waals surface area contributed by atoms with E-state index in [0.29, 0.717) is 22.4 Å². The van der Waals surface area contributed by atoms with Crippen LogP contribution in [-0.4, -0.2) is 23.3 Å². The molecule has 1 atom stereocenters. The van der Waals surface area contributed by atoms with E-state index in [9.17, 15) is 9.59 Å². The molecular formula is C33H40FNO5. The SMILES string of the molecule is Cc1cc(COc2ccccc2CC(=O)OC(C)(C)C)cc(-c2cccc(C(C)NC(=O)OC(C)(C)C)c2F)c1. The van der Waals surface area contributed by atoms with Gasteiger partial charge in [-0.1, -0.05) is 54.1 Å². The molecule has 3 aromatic carbocycles. The van der Waals surface area contributed by atoms with Crippen LogP contribution in [0.15, 0.2) is 60.7 Å². The number of para-hydroxylation sites is 1. The van der Waals surface area contributed by atoms with Gasteiger partial charge in [-0.15, -0.1) is 0 Å². The molecule has 6 nitrogen and oxygen atoms in total. The van der Waals surface area contributed by atoms with Gasteiger partial charge in [0, 0.05) is 16.7 Å². The number of benzene rings is 3.